The highest BCUT2D eigenvalue weighted by atomic mass is 16.6. The highest BCUT2D eigenvalue weighted by Crippen LogP contribution is 2.10. The van der Waals surface area contributed by atoms with Gasteiger partial charge >= 0.3 is 12.2 Å². The minimum atomic E-state index is -0.731. The lowest BCUT2D eigenvalue weighted by molar-refractivity contribution is 0.0545. The molecule has 1 atom stereocenters. The van der Waals surface area contributed by atoms with E-state index in [9.17, 15) is 14.7 Å². The Hall–Kier alpha value is -1.83. The summed E-state index contributed by atoms with van der Waals surface area (Å²) >= 11 is 0. The average molecular weight is 373 g/mol. The van der Waals surface area contributed by atoms with Crippen molar-refractivity contribution in [2.45, 2.75) is 91.4 Å². The Balaban J connectivity index is 5.25. The van der Waals surface area contributed by atoms with Crippen molar-refractivity contribution >= 4 is 18.1 Å². The second-order valence-electron chi connectivity index (χ2n) is 8.04. The summed E-state index contributed by atoms with van der Waals surface area (Å²) in [5, 5.41) is 14.1. The van der Waals surface area contributed by atoms with Crippen LogP contribution >= 0.6 is 0 Å². The van der Waals surface area contributed by atoms with E-state index in [2.05, 4.69) is 22.5 Å². The molecular formula is C18H35N3O5. The first-order valence-electron chi connectivity index (χ1n) is 9.05. The Morgan fingerprint density at radius 1 is 0.962 bits per heavy atom. The Morgan fingerprint density at radius 2 is 1.42 bits per heavy atom. The van der Waals surface area contributed by atoms with Crippen LogP contribution in [0.15, 0.2) is 4.99 Å². The summed E-state index contributed by atoms with van der Waals surface area (Å²) in [6.45, 7) is 12.4. The van der Waals surface area contributed by atoms with Crippen molar-refractivity contribution in [2.75, 3.05) is 6.61 Å². The number of amides is 2. The average Bonchev–Trinajstić information content (AvgIpc) is 2.40. The standard InChI is InChI=1S/C18H35N3O5/c1-8-9-10-13(11-12-22)19-14(20-15(23)25-17(2,3)4)21-16(24)26-18(5,6)7/h13,22H,8-12H2,1-7H3,(H2,19,20,21,23,24)/t13-/m1/s1. The van der Waals surface area contributed by atoms with Gasteiger partial charge in [0.05, 0.1) is 6.04 Å². The van der Waals surface area contributed by atoms with Crippen LogP contribution in [0, 0.1) is 0 Å². The normalized spacial score (nSPS) is 12.8. The van der Waals surface area contributed by atoms with E-state index in [1.807, 2.05) is 0 Å². The lowest BCUT2D eigenvalue weighted by atomic mass is 10.1. The van der Waals surface area contributed by atoms with Crippen molar-refractivity contribution in [3.8, 4) is 0 Å². The molecule has 3 N–H and O–H groups in total. The molecule has 0 radical (unpaired) electrons. The number of hydrogen-bond acceptors (Lipinski definition) is 6. The van der Waals surface area contributed by atoms with Crippen LogP contribution in [0.3, 0.4) is 0 Å². The zero-order valence-corrected chi connectivity index (χ0v) is 17.1. The van der Waals surface area contributed by atoms with E-state index in [1.165, 1.54) is 0 Å². The molecule has 0 saturated heterocycles. The topological polar surface area (TPSA) is 109 Å². The number of aliphatic hydroxyl groups is 1. The zero-order chi connectivity index (χ0) is 20.4. The summed E-state index contributed by atoms with van der Waals surface area (Å²) in [6, 6.07) is -0.236. The largest absolute Gasteiger partial charge is 0.444 e. The molecule has 0 bridgehead atoms. The van der Waals surface area contributed by atoms with Gasteiger partial charge in [-0.25, -0.2) is 14.6 Å². The van der Waals surface area contributed by atoms with E-state index in [-0.39, 0.29) is 18.6 Å². The predicted octanol–water partition coefficient (Wildman–Crippen LogP) is 3.33. The molecular weight excluding hydrogens is 338 g/mol. The SMILES string of the molecule is CCCC[C@H](CCO)N=C(NC(=O)OC(C)(C)C)NC(=O)OC(C)(C)C. The molecule has 0 aliphatic carbocycles. The molecule has 152 valence electrons. The number of hydrogen-bond donors (Lipinski definition) is 3. The molecule has 8 heteroatoms. The molecule has 0 rings (SSSR count). The van der Waals surface area contributed by atoms with Gasteiger partial charge in [0.15, 0.2) is 0 Å². The summed E-state index contributed by atoms with van der Waals surface area (Å²) in [6.07, 6.45) is 1.59. The second-order valence-corrected chi connectivity index (χ2v) is 8.04. The van der Waals surface area contributed by atoms with Gasteiger partial charge in [-0.2, -0.15) is 0 Å². The maximum absolute atomic E-state index is 12.0. The first-order valence-corrected chi connectivity index (χ1v) is 9.05. The number of aliphatic imine (C=N–C) groups is 1. The van der Waals surface area contributed by atoms with Crippen LogP contribution in [-0.4, -0.2) is 47.1 Å². The molecule has 0 aliphatic heterocycles. The summed E-state index contributed by atoms with van der Waals surface area (Å²) in [4.78, 5) is 28.4. The van der Waals surface area contributed by atoms with E-state index >= 15 is 0 Å². The molecule has 2 amide bonds. The molecule has 26 heavy (non-hydrogen) atoms. The van der Waals surface area contributed by atoms with Gasteiger partial charge in [-0.05, 0) is 54.4 Å². The maximum atomic E-state index is 12.0. The minimum Gasteiger partial charge on any atom is -0.444 e. The Bertz CT molecular complexity index is 446. The quantitative estimate of drug-likeness (QED) is 0.489. The molecule has 0 aliphatic rings. The van der Waals surface area contributed by atoms with Gasteiger partial charge in [0.25, 0.3) is 0 Å². The monoisotopic (exact) mass is 373 g/mol. The number of unbranched alkanes of at least 4 members (excludes halogenated alkanes) is 1. The highest BCUT2D eigenvalue weighted by Gasteiger charge is 2.22. The summed E-state index contributed by atoms with van der Waals surface area (Å²) < 4.78 is 10.4. The van der Waals surface area contributed by atoms with Crippen molar-refractivity contribution < 1.29 is 24.2 Å². The van der Waals surface area contributed by atoms with Crippen molar-refractivity contribution in [3.05, 3.63) is 0 Å². The molecule has 0 heterocycles. The van der Waals surface area contributed by atoms with Gasteiger partial charge in [0, 0.05) is 6.61 Å². The first kappa shape index (κ1) is 24.2. The van der Waals surface area contributed by atoms with Crippen molar-refractivity contribution in [1.29, 1.82) is 0 Å². The molecule has 0 saturated carbocycles. The Labute approximate surface area is 156 Å². The molecule has 8 nitrogen and oxygen atoms in total. The summed E-state index contributed by atoms with van der Waals surface area (Å²) in [7, 11) is 0. The van der Waals surface area contributed by atoms with Crippen LogP contribution in [0.1, 0.15) is 74.1 Å². The molecule has 0 aromatic heterocycles. The zero-order valence-electron chi connectivity index (χ0n) is 17.1. The third-order valence-corrected chi connectivity index (χ3v) is 2.90. The molecule has 0 unspecified atom stereocenters. The molecule has 0 aromatic carbocycles. The number of alkyl carbamates (subject to hydrolysis) is 2. The van der Waals surface area contributed by atoms with E-state index < -0.39 is 23.4 Å². The van der Waals surface area contributed by atoms with Crippen LogP contribution in [0.4, 0.5) is 9.59 Å². The van der Waals surface area contributed by atoms with Gasteiger partial charge in [0.2, 0.25) is 5.96 Å². The van der Waals surface area contributed by atoms with Gasteiger partial charge in [-0.1, -0.05) is 19.8 Å². The highest BCUT2D eigenvalue weighted by molar-refractivity contribution is 6.01. The predicted molar refractivity (Wildman–Crippen MR) is 101 cm³/mol. The number of carbonyl (C=O) groups excluding carboxylic acids is 2. The van der Waals surface area contributed by atoms with Crippen LogP contribution in [0.25, 0.3) is 0 Å². The fourth-order valence-corrected chi connectivity index (χ4v) is 1.94. The third kappa shape index (κ3) is 13.5. The number of nitrogens with one attached hydrogen (secondary N) is 2. The molecule has 0 spiro atoms. The molecule has 0 aromatic rings. The maximum Gasteiger partial charge on any atom is 0.414 e. The van der Waals surface area contributed by atoms with Crippen molar-refractivity contribution in [3.63, 3.8) is 0 Å². The van der Waals surface area contributed by atoms with Gasteiger partial charge in [-0.3, -0.25) is 10.6 Å². The van der Waals surface area contributed by atoms with Crippen LogP contribution in [0.2, 0.25) is 0 Å². The second kappa shape index (κ2) is 11.0. The third-order valence-electron chi connectivity index (χ3n) is 2.90. The fourth-order valence-electron chi connectivity index (χ4n) is 1.94. The summed E-state index contributed by atoms with van der Waals surface area (Å²) in [5.74, 6) is -0.0527. The number of carbonyl (C=O) groups is 2. The van der Waals surface area contributed by atoms with Crippen LogP contribution < -0.4 is 10.6 Å². The van der Waals surface area contributed by atoms with Crippen LogP contribution in [0.5, 0.6) is 0 Å². The Morgan fingerprint density at radius 3 is 1.77 bits per heavy atom. The lowest BCUT2D eigenvalue weighted by Gasteiger charge is -2.23. The van der Waals surface area contributed by atoms with E-state index in [0.717, 1.165) is 19.3 Å². The minimum absolute atomic E-state index is 0.0377. The van der Waals surface area contributed by atoms with Gasteiger partial charge < -0.3 is 14.6 Å². The number of aliphatic hydroxyl groups excluding tert-OH is 1. The smallest absolute Gasteiger partial charge is 0.414 e. The van der Waals surface area contributed by atoms with Gasteiger partial charge in [0.1, 0.15) is 11.2 Å². The van der Waals surface area contributed by atoms with Crippen molar-refractivity contribution in [2.24, 2.45) is 4.99 Å². The van der Waals surface area contributed by atoms with Gasteiger partial charge in [-0.15, -0.1) is 0 Å². The lowest BCUT2D eigenvalue weighted by Crippen LogP contribution is -2.47. The van der Waals surface area contributed by atoms with E-state index in [4.69, 9.17) is 9.47 Å². The van der Waals surface area contributed by atoms with Crippen molar-refractivity contribution in [1.82, 2.24) is 10.6 Å². The Kier molecular flexibility index (Phi) is 10.2. The number of ether oxygens (including phenoxy) is 2. The number of nitrogens with zero attached hydrogens (tertiary/aromatic N) is 1. The van der Waals surface area contributed by atoms with Crippen LogP contribution in [-0.2, 0) is 9.47 Å². The first-order chi connectivity index (χ1) is 11.9. The molecule has 0 fully saturated rings. The van der Waals surface area contributed by atoms with E-state index in [1.54, 1.807) is 41.5 Å². The van der Waals surface area contributed by atoms with E-state index in [0.29, 0.717) is 6.42 Å². The fraction of sp³-hybridized carbons (Fsp3) is 0.833. The number of guanidine groups is 1. The number of rotatable bonds is 6. The summed E-state index contributed by atoms with van der Waals surface area (Å²) in [5.41, 5.74) is -1.37.